The summed E-state index contributed by atoms with van der Waals surface area (Å²) >= 11 is 0. The molecule has 1 aliphatic carbocycles. The summed E-state index contributed by atoms with van der Waals surface area (Å²) in [6, 6.07) is 0.0713. The minimum absolute atomic E-state index is 0.0168. The molecule has 0 bridgehead atoms. The Kier molecular flexibility index (Phi) is 7.92. The van der Waals surface area contributed by atoms with Crippen LogP contribution in [0.15, 0.2) is 52.9 Å². The molecule has 10 heteroatoms. The van der Waals surface area contributed by atoms with Crippen molar-refractivity contribution < 1.29 is 8.42 Å². The summed E-state index contributed by atoms with van der Waals surface area (Å²) in [5.41, 5.74) is 2.42. The standard InChI is InChI=1S/C23H31N7O2S/c1-5-6-20(15-18(3)33(24,31)32)26-22-17(2)16-25-23(28-22)27-19-7-9-21(10-8-19)30-13-11-29(4)12-14-30/h1,6-7,9-10,15-16,19H,8,11-14H2,2-4H3,(H2,24,31,32)(H2,25,26,27,28)/b18-15+,20-6+. The van der Waals surface area contributed by atoms with E-state index < -0.39 is 10.0 Å². The number of nitrogens with one attached hydrogen (secondary N) is 2. The van der Waals surface area contributed by atoms with Crippen molar-refractivity contribution in [3.8, 4) is 12.3 Å². The Bertz CT molecular complexity index is 1140. The molecule has 9 nitrogen and oxygen atoms in total. The van der Waals surface area contributed by atoms with Crippen LogP contribution >= 0.6 is 0 Å². The Labute approximate surface area is 196 Å². The molecule has 0 aromatic carbocycles. The fourth-order valence-corrected chi connectivity index (χ4v) is 3.75. The van der Waals surface area contributed by atoms with Gasteiger partial charge in [0.05, 0.1) is 10.9 Å². The largest absolute Gasteiger partial charge is 0.369 e. The second-order valence-electron chi connectivity index (χ2n) is 8.18. The van der Waals surface area contributed by atoms with Gasteiger partial charge in [0.2, 0.25) is 16.0 Å². The molecule has 0 radical (unpaired) electrons. The van der Waals surface area contributed by atoms with Gasteiger partial charge in [-0.05, 0) is 39.5 Å². The molecule has 0 saturated carbocycles. The fourth-order valence-electron chi connectivity index (χ4n) is 3.46. The van der Waals surface area contributed by atoms with E-state index >= 15 is 0 Å². The van der Waals surface area contributed by atoms with Crippen molar-refractivity contribution in [1.29, 1.82) is 0 Å². The molecular weight excluding hydrogens is 438 g/mol. The van der Waals surface area contributed by atoms with Crippen LogP contribution in [0, 0.1) is 19.3 Å². The predicted octanol–water partition coefficient (Wildman–Crippen LogP) is 1.78. The van der Waals surface area contributed by atoms with Crippen molar-refractivity contribution in [1.82, 2.24) is 19.8 Å². The van der Waals surface area contributed by atoms with Crippen LogP contribution < -0.4 is 15.8 Å². The topological polar surface area (TPSA) is 116 Å². The van der Waals surface area contributed by atoms with E-state index in [2.05, 4.69) is 61.6 Å². The molecule has 1 saturated heterocycles. The zero-order valence-electron chi connectivity index (χ0n) is 19.2. The first kappa shape index (κ1) is 24.5. The summed E-state index contributed by atoms with van der Waals surface area (Å²) in [7, 11) is -1.67. The number of hydrogen-bond donors (Lipinski definition) is 3. The number of terminal acetylenes is 1. The summed E-state index contributed by atoms with van der Waals surface area (Å²) < 4.78 is 23.1. The Balaban J connectivity index is 1.68. The van der Waals surface area contributed by atoms with Gasteiger partial charge in [-0.15, -0.1) is 6.42 Å². The van der Waals surface area contributed by atoms with Gasteiger partial charge in [-0.1, -0.05) is 18.1 Å². The minimum Gasteiger partial charge on any atom is -0.369 e. The van der Waals surface area contributed by atoms with Gasteiger partial charge >= 0.3 is 0 Å². The molecule has 2 aliphatic rings. The SMILES string of the molecule is C#C/C=C(\C=C(/C)S(N)(=O)=O)Nc1nc(NC2C=CC(N3CCN(C)CC3)=CC2)ncc1C. The van der Waals surface area contributed by atoms with Crippen LogP contribution in [0.25, 0.3) is 0 Å². The number of piperazine rings is 1. The summed E-state index contributed by atoms with van der Waals surface area (Å²) in [5, 5.41) is 11.6. The molecule has 1 unspecified atom stereocenters. The number of nitrogens with two attached hydrogens (primary N) is 1. The Hall–Kier alpha value is -3.13. The first-order valence-electron chi connectivity index (χ1n) is 10.7. The number of anilines is 2. The summed E-state index contributed by atoms with van der Waals surface area (Å²) in [6.45, 7) is 7.47. The Morgan fingerprint density at radius 2 is 2.06 bits per heavy atom. The van der Waals surface area contributed by atoms with Crippen molar-refractivity contribution in [3.63, 3.8) is 0 Å². The van der Waals surface area contributed by atoms with Crippen LogP contribution in [-0.4, -0.2) is 67.5 Å². The number of likely N-dealkylation sites (N-methyl/N-ethyl adjacent to an activating group) is 1. The lowest BCUT2D eigenvalue weighted by Crippen LogP contribution is -2.43. The van der Waals surface area contributed by atoms with Gasteiger partial charge in [-0.2, -0.15) is 4.98 Å². The van der Waals surface area contributed by atoms with E-state index in [1.165, 1.54) is 24.8 Å². The van der Waals surface area contributed by atoms with Crippen molar-refractivity contribution in [2.24, 2.45) is 5.14 Å². The molecule has 1 aromatic rings. The maximum atomic E-state index is 11.6. The quantitative estimate of drug-likeness (QED) is 0.409. The third kappa shape index (κ3) is 6.92. The maximum Gasteiger partial charge on any atom is 0.233 e. The average Bonchev–Trinajstić information content (AvgIpc) is 2.77. The second kappa shape index (κ2) is 10.7. The molecule has 0 spiro atoms. The number of aryl methyl sites for hydroxylation is 1. The highest BCUT2D eigenvalue weighted by molar-refractivity contribution is 7.93. The number of rotatable bonds is 7. The fraction of sp³-hybridized carbons (Fsp3) is 0.391. The first-order chi connectivity index (χ1) is 15.7. The van der Waals surface area contributed by atoms with Crippen LogP contribution in [0.4, 0.5) is 11.8 Å². The van der Waals surface area contributed by atoms with Gasteiger partial charge in [-0.25, -0.2) is 18.5 Å². The van der Waals surface area contributed by atoms with Crippen LogP contribution in [0.1, 0.15) is 18.9 Å². The van der Waals surface area contributed by atoms with E-state index in [9.17, 15) is 8.42 Å². The van der Waals surface area contributed by atoms with E-state index in [0.29, 0.717) is 17.5 Å². The van der Waals surface area contributed by atoms with E-state index in [0.717, 1.165) is 38.2 Å². The second-order valence-corrected chi connectivity index (χ2v) is 9.92. The third-order valence-corrected chi connectivity index (χ3v) is 6.56. The summed E-state index contributed by atoms with van der Waals surface area (Å²) in [5.74, 6) is 3.37. The highest BCUT2D eigenvalue weighted by atomic mass is 32.2. The van der Waals surface area contributed by atoms with Gasteiger partial charge < -0.3 is 20.4 Å². The van der Waals surface area contributed by atoms with E-state index in [1.807, 2.05) is 6.92 Å². The average molecular weight is 470 g/mol. The molecule has 3 rings (SSSR count). The highest BCUT2D eigenvalue weighted by Crippen LogP contribution is 2.21. The monoisotopic (exact) mass is 469 g/mol. The molecule has 2 heterocycles. The number of primary sulfonamides is 1. The van der Waals surface area contributed by atoms with Crippen molar-refractivity contribution >= 4 is 21.8 Å². The smallest absolute Gasteiger partial charge is 0.233 e. The van der Waals surface area contributed by atoms with Gasteiger partial charge in [0.15, 0.2) is 0 Å². The van der Waals surface area contributed by atoms with E-state index in [-0.39, 0.29) is 10.9 Å². The lowest BCUT2D eigenvalue weighted by molar-refractivity contribution is 0.189. The molecule has 0 amide bonds. The number of allylic oxidation sites excluding steroid dienone is 4. The molecule has 1 fully saturated rings. The molecule has 1 aliphatic heterocycles. The number of nitrogens with zero attached hydrogens (tertiary/aromatic N) is 4. The lowest BCUT2D eigenvalue weighted by atomic mass is 10.1. The molecular formula is C23H31N7O2S. The zero-order valence-corrected chi connectivity index (χ0v) is 20.1. The van der Waals surface area contributed by atoms with Crippen molar-refractivity contribution in [2.45, 2.75) is 26.3 Å². The van der Waals surface area contributed by atoms with Crippen molar-refractivity contribution in [3.05, 3.63) is 58.4 Å². The van der Waals surface area contributed by atoms with Crippen LogP contribution in [0.3, 0.4) is 0 Å². The Morgan fingerprint density at radius 3 is 2.67 bits per heavy atom. The van der Waals surface area contributed by atoms with Crippen LogP contribution in [-0.2, 0) is 10.0 Å². The van der Waals surface area contributed by atoms with Gasteiger partial charge in [0.1, 0.15) is 5.82 Å². The normalized spacial score (nSPS) is 20.3. The summed E-state index contributed by atoms with van der Waals surface area (Å²) in [6.07, 6.45) is 17.2. The van der Waals surface area contributed by atoms with Crippen molar-refractivity contribution in [2.75, 3.05) is 43.9 Å². The number of aromatic nitrogens is 2. The molecule has 1 aromatic heterocycles. The van der Waals surface area contributed by atoms with E-state index in [4.69, 9.17) is 11.6 Å². The van der Waals surface area contributed by atoms with Gasteiger partial charge in [-0.3, -0.25) is 0 Å². The summed E-state index contributed by atoms with van der Waals surface area (Å²) in [4.78, 5) is 13.7. The predicted molar refractivity (Wildman–Crippen MR) is 132 cm³/mol. The Morgan fingerprint density at radius 1 is 1.33 bits per heavy atom. The molecule has 176 valence electrons. The van der Waals surface area contributed by atoms with Gasteiger partial charge in [0, 0.05) is 55.4 Å². The lowest BCUT2D eigenvalue weighted by Gasteiger charge is -2.35. The van der Waals surface area contributed by atoms with Gasteiger partial charge in [0.25, 0.3) is 0 Å². The third-order valence-electron chi connectivity index (χ3n) is 5.54. The minimum atomic E-state index is -3.81. The first-order valence-corrected chi connectivity index (χ1v) is 12.3. The van der Waals surface area contributed by atoms with E-state index in [1.54, 1.807) is 6.20 Å². The number of sulfonamides is 1. The maximum absolute atomic E-state index is 11.6. The molecule has 4 N–H and O–H groups in total. The highest BCUT2D eigenvalue weighted by Gasteiger charge is 2.18. The number of hydrogen-bond acceptors (Lipinski definition) is 8. The molecule has 1 atom stereocenters. The van der Waals surface area contributed by atoms with Crippen LogP contribution in [0.2, 0.25) is 0 Å². The van der Waals surface area contributed by atoms with Crippen LogP contribution in [0.5, 0.6) is 0 Å². The zero-order chi connectivity index (χ0) is 24.0. The molecule has 33 heavy (non-hydrogen) atoms.